The van der Waals surface area contributed by atoms with Crippen LogP contribution < -0.4 is 5.73 Å². The fourth-order valence-corrected chi connectivity index (χ4v) is 4.80. The lowest BCUT2D eigenvalue weighted by molar-refractivity contribution is 0.0451. The van der Waals surface area contributed by atoms with E-state index in [1.807, 2.05) is 37.3 Å². The normalized spacial score (nSPS) is 14.7. The highest BCUT2D eigenvalue weighted by Crippen LogP contribution is 2.46. The maximum atomic E-state index is 13.0. The molecular weight excluding hydrogens is 498 g/mol. The van der Waals surface area contributed by atoms with E-state index in [1.165, 1.54) is 0 Å². The molecule has 0 heterocycles. The van der Waals surface area contributed by atoms with Gasteiger partial charge in [0.25, 0.3) is 0 Å². The number of hydrogen-bond acceptors (Lipinski definition) is 7. The van der Waals surface area contributed by atoms with Gasteiger partial charge in [-0.1, -0.05) is 37.6 Å². The summed E-state index contributed by atoms with van der Waals surface area (Å²) >= 11 is 0. The van der Waals surface area contributed by atoms with E-state index in [1.54, 1.807) is 11.8 Å². The quantitative estimate of drug-likeness (QED) is 0.191. The zero-order valence-corrected chi connectivity index (χ0v) is 23.0. The van der Waals surface area contributed by atoms with E-state index in [9.17, 15) is 14.4 Å². The van der Waals surface area contributed by atoms with Crippen LogP contribution >= 0.6 is 0 Å². The third kappa shape index (κ3) is 8.71. The van der Waals surface area contributed by atoms with Gasteiger partial charge in [-0.2, -0.15) is 0 Å². The van der Waals surface area contributed by atoms with Gasteiger partial charge in [-0.05, 0) is 67.0 Å². The minimum atomic E-state index is -0.868. The molecule has 0 fully saturated rings. The van der Waals surface area contributed by atoms with E-state index in [-0.39, 0.29) is 36.8 Å². The Bertz CT molecular complexity index is 1150. The second kappa shape index (κ2) is 15.5. The van der Waals surface area contributed by atoms with Crippen molar-refractivity contribution >= 4 is 17.7 Å². The Balaban J connectivity index is 1.73. The molecule has 39 heavy (non-hydrogen) atoms. The number of ketones is 2. The fourth-order valence-electron chi connectivity index (χ4n) is 4.80. The Hall–Kier alpha value is -3.07. The molecule has 1 amide bonds. The van der Waals surface area contributed by atoms with Crippen LogP contribution in [0.25, 0.3) is 11.1 Å². The van der Waals surface area contributed by atoms with Gasteiger partial charge < -0.3 is 25.0 Å². The second-order valence-corrected chi connectivity index (χ2v) is 9.97. The third-order valence-electron chi connectivity index (χ3n) is 6.99. The molecule has 2 atom stereocenters. The maximum Gasteiger partial charge on any atom is 0.404 e. The number of benzene rings is 2. The van der Waals surface area contributed by atoms with Crippen molar-refractivity contribution in [1.82, 2.24) is 0 Å². The van der Waals surface area contributed by atoms with Gasteiger partial charge in [0.2, 0.25) is 0 Å². The van der Waals surface area contributed by atoms with Crippen molar-refractivity contribution in [2.75, 3.05) is 33.0 Å². The summed E-state index contributed by atoms with van der Waals surface area (Å²) in [5, 5.41) is 8.99. The summed E-state index contributed by atoms with van der Waals surface area (Å²) in [6.07, 6.45) is 3.62. The first kappa shape index (κ1) is 28.9. The van der Waals surface area contributed by atoms with Crippen LogP contribution in [0, 0.1) is 0 Å². The van der Waals surface area contributed by atoms with Gasteiger partial charge in [0.05, 0.1) is 6.10 Å². The van der Waals surface area contributed by atoms with Crippen molar-refractivity contribution in [3.63, 3.8) is 0 Å². The van der Waals surface area contributed by atoms with Crippen LogP contribution in [0.15, 0.2) is 36.4 Å². The molecule has 0 spiro atoms. The molecule has 0 saturated heterocycles. The summed E-state index contributed by atoms with van der Waals surface area (Å²) in [5.74, 6) is -0.367. The van der Waals surface area contributed by atoms with E-state index in [2.05, 4.69) is 6.92 Å². The van der Waals surface area contributed by atoms with Crippen LogP contribution in [0.5, 0.6) is 0 Å². The molecule has 2 aromatic rings. The minimum Gasteiger partial charge on any atom is -0.449 e. The number of primary amides is 1. The second-order valence-electron chi connectivity index (χ2n) is 9.97. The number of hydrogen-bond donors (Lipinski definition) is 2. The van der Waals surface area contributed by atoms with Gasteiger partial charge in [-0.15, -0.1) is 0 Å². The molecule has 2 unspecified atom stereocenters. The maximum absolute atomic E-state index is 13.0. The molecule has 0 aromatic heterocycles. The Morgan fingerprint density at radius 3 is 2.10 bits per heavy atom. The van der Waals surface area contributed by atoms with Crippen molar-refractivity contribution in [3.05, 3.63) is 58.7 Å². The Kier molecular flexibility index (Phi) is 11.5. The largest absolute Gasteiger partial charge is 0.449 e. The average molecular weight is 541 g/mol. The van der Waals surface area contributed by atoms with Crippen LogP contribution in [-0.4, -0.2) is 61.9 Å². The summed E-state index contributed by atoms with van der Waals surface area (Å²) < 4.78 is 23.5. The number of carbonyl (C=O) groups is 3. The minimum absolute atomic E-state index is 0.0160. The lowest BCUT2D eigenvalue weighted by Gasteiger charge is -2.15. The number of unbranched alkanes of at least 4 members (excludes halogenated alkanes) is 1. The monoisotopic (exact) mass is 540 g/mol. The first-order chi connectivity index (χ1) is 19.4. The summed E-state index contributed by atoms with van der Waals surface area (Å²) in [7, 11) is 0. The van der Waals surface area contributed by atoms with Gasteiger partial charge in [0, 0.05) is 56.3 Å². The van der Waals surface area contributed by atoms with E-state index in [0.29, 0.717) is 63.1 Å². The molecular formula is C31H41NO7. The third-order valence-corrected chi connectivity index (χ3v) is 6.99. The van der Waals surface area contributed by atoms with E-state index < -0.39 is 6.09 Å². The molecule has 3 rings (SSSR count). The zero-order valence-electron chi connectivity index (χ0n) is 24.0. The average Bonchev–Trinajstić information content (AvgIpc) is 3.27. The molecule has 0 aliphatic heterocycles. The number of ether oxygens (including phenoxy) is 3. The number of fused-ring (bicyclic) bond motifs is 3. The lowest BCUT2D eigenvalue weighted by Crippen LogP contribution is -2.18. The molecule has 8 nitrogen and oxygen atoms in total. The van der Waals surface area contributed by atoms with Gasteiger partial charge in [0.1, 0.15) is 6.61 Å². The lowest BCUT2D eigenvalue weighted by atomic mass is 9.93. The predicted molar refractivity (Wildman–Crippen MR) is 149 cm³/mol. The summed E-state index contributed by atoms with van der Waals surface area (Å²) in [6, 6.07) is 11.1. The summed E-state index contributed by atoms with van der Waals surface area (Å²) in [5.41, 5.74) is 6.43. The molecule has 0 radical (unpaired) electrons. The van der Waals surface area contributed by atoms with Crippen LogP contribution in [0.3, 0.4) is 0 Å². The number of amides is 1. The topological polar surface area (TPSA) is 125 Å². The Labute approximate surface area is 232 Å². The first-order valence-corrected chi connectivity index (χ1v) is 13.9. The fraction of sp³-hybridized carbons (Fsp3) is 0.516. The van der Waals surface area contributed by atoms with Gasteiger partial charge in [-0.25, -0.2) is 4.79 Å². The highest BCUT2D eigenvalue weighted by atomic mass is 16.5. The number of carbonyl (C=O) groups excluding carboxylic acids is 3. The molecule has 0 saturated carbocycles. The molecule has 1 aliphatic carbocycles. The SMILES string of the molecule is [2H]NC(=O)OCC1c2cc(C(=O)CCCOCCCC)ccc2-c2ccc(C(=O)CCCOC(C)CCO)cc21. The standard InChI is InChI=1S/C31H41NO7/c1-3-4-15-37-16-5-7-29(34)22-9-11-24-25-12-10-23(30(35)8-6-17-38-21(2)13-14-33)19-27(25)28(26(24)18-22)20-39-31(32)36/h9-12,18-19,21,28,33H,3-8,13-17,20H2,1-2H3,(H2,32,36)/i/hD. The van der Waals surface area contributed by atoms with E-state index in [4.69, 9.17) is 20.7 Å². The van der Waals surface area contributed by atoms with Crippen molar-refractivity contribution < 1.29 is 35.1 Å². The van der Waals surface area contributed by atoms with Crippen molar-refractivity contribution in [2.24, 2.45) is 5.73 Å². The van der Waals surface area contributed by atoms with Crippen LogP contribution in [0.4, 0.5) is 4.79 Å². The highest BCUT2D eigenvalue weighted by Gasteiger charge is 2.31. The van der Waals surface area contributed by atoms with Gasteiger partial charge in [0.15, 0.2) is 13.0 Å². The van der Waals surface area contributed by atoms with Gasteiger partial charge >= 0.3 is 6.09 Å². The number of aliphatic hydroxyl groups is 1. The number of rotatable bonds is 18. The van der Waals surface area contributed by atoms with Crippen LogP contribution in [-0.2, 0) is 14.2 Å². The number of Topliss-reactive ketones (excluding diaryl/α,β-unsaturated/α-hetero) is 2. The molecule has 0 bridgehead atoms. The highest BCUT2D eigenvalue weighted by molar-refractivity contribution is 5.99. The van der Waals surface area contributed by atoms with Crippen LogP contribution in [0.1, 0.15) is 96.6 Å². The number of aliphatic hydroxyl groups excluding tert-OH is 1. The number of nitrogens with two attached hydrogens (primary N) is 1. The summed E-state index contributed by atoms with van der Waals surface area (Å²) in [4.78, 5) is 37.6. The van der Waals surface area contributed by atoms with Crippen LogP contribution in [0.2, 0.25) is 1.41 Å². The Morgan fingerprint density at radius 1 is 0.949 bits per heavy atom. The van der Waals surface area contributed by atoms with Crippen molar-refractivity contribution in [2.45, 2.75) is 70.8 Å². The molecule has 8 heteroatoms. The van der Waals surface area contributed by atoms with Crippen molar-refractivity contribution in [3.8, 4) is 11.1 Å². The van der Waals surface area contributed by atoms with Crippen molar-refractivity contribution in [1.29, 1.82) is 0 Å². The van der Waals surface area contributed by atoms with E-state index >= 15 is 0 Å². The zero-order chi connectivity index (χ0) is 28.9. The molecule has 1 aliphatic rings. The predicted octanol–water partition coefficient (Wildman–Crippen LogP) is 5.42. The Morgan fingerprint density at radius 2 is 1.54 bits per heavy atom. The molecule has 212 valence electrons. The van der Waals surface area contributed by atoms with Gasteiger partial charge in [-0.3, -0.25) is 9.59 Å². The first-order valence-electron chi connectivity index (χ1n) is 14.4. The summed E-state index contributed by atoms with van der Waals surface area (Å²) in [6.45, 7) is 5.72. The van der Waals surface area contributed by atoms with E-state index in [0.717, 1.165) is 35.1 Å². The molecule has 3 N–H and O–H groups in total. The molecule has 2 aromatic carbocycles. The smallest absolute Gasteiger partial charge is 0.404 e.